The van der Waals surface area contributed by atoms with Crippen LogP contribution >= 0.6 is 11.6 Å². The molecule has 1 unspecified atom stereocenters. The number of ether oxygens (including phenoxy) is 1. The number of anilines is 2. The molecule has 1 aromatic heterocycles. The third-order valence-electron chi connectivity index (χ3n) is 14.0. The average molecular weight is 922 g/mol. The number of carbonyl (C=O) groups excluding carboxylic acids is 6. The van der Waals surface area contributed by atoms with Gasteiger partial charge < -0.3 is 20.3 Å². The van der Waals surface area contributed by atoms with Crippen molar-refractivity contribution in [2.24, 2.45) is 11.8 Å². The SMILES string of the molecule is C[C@@H](C(=O)Nc1ccc(Cl)c(OC2CCN(C(=O)CCCCCCCCNc3cccc4c3C(=O)N(C3CCC(=O)NC3=O)C4=O)CC2)c1)C1CCC(c2ccnc3ccc(F)cc23)CC1. The number of nitrogens with one attached hydrogen (secondary N) is 3. The lowest BCUT2D eigenvalue weighted by Gasteiger charge is -2.33. The molecule has 3 aromatic carbocycles. The van der Waals surface area contributed by atoms with Crippen LogP contribution in [-0.2, 0) is 19.2 Å². The van der Waals surface area contributed by atoms with E-state index in [1.54, 1.807) is 54.7 Å². The molecule has 3 N–H and O–H groups in total. The molecule has 348 valence electrons. The molecule has 15 heteroatoms. The van der Waals surface area contributed by atoms with Crippen LogP contribution in [0.1, 0.15) is 135 Å². The number of unbranched alkanes of at least 4 members (excludes halogenated alkanes) is 5. The minimum absolute atomic E-state index is 0.0437. The number of rotatable bonds is 17. The molecule has 8 rings (SSSR count). The lowest BCUT2D eigenvalue weighted by atomic mass is 9.73. The molecule has 1 aliphatic carbocycles. The number of likely N-dealkylation sites (tertiary alicyclic amines) is 1. The molecule has 4 aliphatic rings. The fourth-order valence-corrected chi connectivity index (χ4v) is 10.3. The van der Waals surface area contributed by atoms with E-state index < -0.39 is 29.7 Å². The molecule has 0 spiro atoms. The molecule has 3 aliphatic heterocycles. The summed E-state index contributed by atoms with van der Waals surface area (Å²) in [7, 11) is 0. The van der Waals surface area contributed by atoms with E-state index in [0.717, 1.165) is 85.6 Å². The second kappa shape index (κ2) is 21.2. The highest BCUT2D eigenvalue weighted by atomic mass is 35.5. The first-order valence-electron chi connectivity index (χ1n) is 23.6. The monoisotopic (exact) mass is 920 g/mol. The van der Waals surface area contributed by atoms with E-state index >= 15 is 0 Å². The number of carbonyl (C=O) groups is 6. The predicted octanol–water partition coefficient (Wildman–Crippen LogP) is 9.19. The molecule has 66 heavy (non-hydrogen) atoms. The summed E-state index contributed by atoms with van der Waals surface area (Å²) in [5, 5.41) is 9.94. The van der Waals surface area contributed by atoms with Gasteiger partial charge >= 0.3 is 0 Å². The standard InChI is InChI=1S/C51H58ClFN6O7/c1-31(32-12-14-33(15-13-32)37-22-26-55-41-19-16-34(53)29-39(37)41)48(62)56-35-17-18-40(52)44(30-35)66-36-23-27-58(28-24-36)46(61)11-6-4-2-3-5-7-25-54-42-10-8-9-38-47(42)51(65)59(50(38)64)43-20-21-45(60)57-49(43)63/h8-10,16-19,22,26,29-33,36,43,54H,2-7,11-15,20-21,23-25,27-28H2,1H3,(H,56,62)(H,57,60,63)/t31-,32?,33?,43?/m1/s1. The Morgan fingerprint density at radius 2 is 1.64 bits per heavy atom. The van der Waals surface area contributed by atoms with Crippen LogP contribution in [0, 0.1) is 17.7 Å². The fraction of sp³-hybridized carbons (Fsp3) is 0.471. The molecule has 2 saturated heterocycles. The van der Waals surface area contributed by atoms with Crippen LogP contribution in [0.5, 0.6) is 5.75 Å². The Hall–Kier alpha value is -5.89. The van der Waals surface area contributed by atoms with Crippen LogP contribution in [0.2, 0.25) is 5.02 Å². The Bertz CT molecular complexity index is 2490. The van der Waals surface area contributed by atoms with E-state index in [9.17, 15) is 33.2 Å². The van der Waals surface area contributed by atoms with Crippen molar-refractivity contribution in [1.82, 2.24) is 20.1 Å². The number of nitrogens with zero attached hydrogens (tertiary/aromatic N) is 3. The average Bonchev–Trinajstić information content (AvgIpc) is 3.57. The van der Waals surface area contributed by atoms with Crippen molar-refractivity contribution >= 4 is 69.3 Å². The quantitative estimate of drug-likeness (QED) is 0.0691. The number of hydrogen-bond donors (Lipinski definition) is 3. The Kier molecular flexibility index (Phi) is 15.0. The van der Waals surface area contributed by atoms with Gasteiger partial charge in [0.1, 0.15) is 23.7 Å². The number of piperidine rings is 2. The normalized spacial score (nSPS) is 20.6. The van der Waals surface area contributed by atoms with E-state index in [1.165, 1.54) is 6.07 Å². The fourth-order valence-electron chi connectivity index (χ4n) is 10.1. The number of amides is 6. The summed E-state index contributed by atoms with van der Waals surface area (Å²) in [5.74, 6) is -1.38. The Balaban J connectivity index is 0.698. The van der Waals surface area contributed by atoms with E-state index in [1.807, 2.05) is 17.9 Å². The van der Waals surface area contributed by atoms with E-state index in [4.69, 9.17) is 16.3 Å². The molecule has 0 bridgehead atoms. The van der Waals surface area contributed by atoms with Crippen molar-refractivity contribution in [2.75, 3.05) is 30.3 Å². The molecular formula is C51H58ClFN6O7. The number of fused-ring (bicyclic) bond motifs is 2. The van der Waals surface area contributed by atoms with Gasteiger partial charge in [0.2, 0.25) is 23.6 Å². The zero-order valence-corrected chi connectivity index (χ0v) is 38.2. The minimum atomic E-state index is -1.000. The molecule has 13 nitrogen and oxygen atoms in total. The van der Waals surface area contributed by atoms with Crippen LogP contribution in [0.4, 0.5) is 15.8 Å². The van der Waals surface area contributed by atoms with Gasteiger partial charge in [-0.1, -0.05) is 50.3 Å². The van der Waals surface area contributed by atoms with Gasteiger partial charge in [-0.3, -0.25) is 44.0 Å². The maximum atomic E-state index is 14.1. The summed E-state index contributed by atoms with van der Waals surface area (Å²) in [6.07, 6.45) is 13.0. The highest BCUT2D eigenvalue weighted by Gasteiger charge is 2.45. The van der Waals surface area contributed by atoms with Gasteiger partial charge in [0.15, 0.2) is 0 Å². The Morgan fingerprint density at radius 3 is 2.41 bits per heavy atom. The molecule has 6 amide bonds. The number of benzene rings is 3. The van der Waals surface area contributed by atoms with E-state index in [-0.39, 0.29) is 59.5 Å². The van der Waals surface area contributed by atoms with Crippen molar-refractivity contribution in [1.29, 1.82) is 0 Å². The summed E-state index contributed by atoms with van der Waals surface area (Å²) in [6.45, 7) is 3.82. The Labute approximate surface area is 389 Å². The number of halogens is 2. The maximum Gasteiger partial charge on any atom is 0.264 e. The zero-order chi connectivity index (χ0) is 46.3. The second-order valence-electron chi connectivity index (χ2n) is 18.3. The third-order valence-corrected chi connectivity index (χ3v) is 14.3. The van der Waals surface area contributed by atoms with Gasteiger partial charge in [0.25, 0.3) is 11.8 Å². The van der Waals surface area contributed by atoms with Crippen molar-refractivity contribution in [2.45, 2.75) is 121 Å². The van der Waals surface area contributed by atoms with Crippen LogP contribution in [0.25, 0.3) is 10.9 Å². The van der Waals surface area contributed by atoms with Gasteiger partial charge in [0.05, 0.1) is 21.7 Å². The summed E-state index contributed by atoms with van der Waals surface area (Å²) < 4.78 is 20.4. The zero-order valence-electron chi connectivity index (χ0n) is 37.4. The van der Waals surface area contributed by atoms with E-state index in [2.05, 4.69) is 20.9 Å². The summed E-state index contributed by atoms with van der Waals surface area (Å²) in [4.78, 5) is 84.3. The number of aromatic nitrogens is 1. The van der Waals surface area contributed by atoms with Crippen LogP contribution in [-0.4, -0.2) is 82.0 Å². The largest absolute Gasteiger partial charge is 0.489 e. The van der Waals surface area contributed by atoms with E-state index in [0.29, 0.717) is 67.0 Å². The van der Waals surface area contributed by atoms with Crippen LogP contribution in [0.3, 0.4) is 0 Å². The van der Waals surface area contributed by atoms with Gasteiger partial charge in [-0.25, -0.2) is 4.39 Å². The highest BCUT2D eigenvalue weighted by molar-refractivity contribution is 6.32. The third kappa shape index (κ3) is 10.7. The lowest BCUT2D eigenvalue weighted by Crippen LogP contribution is -2.54. The molecular weight excluding hydrogens is 863 g/mol. The molecule has 1 saturated carbocycles. The van der Waals surface area contributed by atoms with Crippen LogP contribution in [0.15, 0.2) is 66.9 Å². The van der Waals surface area contributed by atoms with Gasteiger partial charge in [-0.2, -0.15) is 0 Å². The number of imide groups is 2. The molecule has 3 fully saturated rings. The van der Waals surface area contributed by atoms with Crippen molar-refractivity contribution in [3.63, 3.8) is 0 Å². The van der Waals surface area contributed by atoms with Gasteiger partial charge in [-0.05, 0) is 111 Å². The molecule has 0 radical (unpaired) electrons. The first kappa shape index (κ1) is 46.6. The summed E-state index contributed by atoms with van der Waals surface area (Å²) >= 11 is 6.56. The first-order chi connectivity index (χ1) is 31.9. The lowest BCUT2D eigenvalue weighted by molar-refractivity contribution is -0.136. The van der Waals surface area contributed by atoms with Crippen molar-refractivity contribution in [3.8, 4) is 5.75 Å². The first-order valence-corrected chi connectivity index (χ1v) is 24.0. The molecule has 2 atom stereocenters. The predicted molar refractivity (Wildman–Crippen MR) is 250 cm³/mol. The second-order valence-corrected chi connectivity index (χ2v) is 18.7. The minimum Gasteiger partial charge on any atom is -0.489 e. The maximum absolute atomic E-state index is 14.1. The van der Waals surface area contributed by atoms with Gasteiger partial charge in [0, 0.05) is 80.3 Å². The highest BCUT2D eigenvalue weighted by Crippen LogP contribution is 2.41. The smallest absolute Gasteiger partial charge is 0.264 e. The summed E-state index contributed by atoms with van der Waals surface area (Å²) in [5.41, 5.74) is 3.63. The number of hydrogen-bond acceptors (Lipinski definition) is 9. The molecule has 4 heterocycles. The summed E-state index contributed by atoms with van der Waals surface area (Å²) in [6, 6.07) is 16.1. The molecule has 4 aromatic rings. The van der Waals surface area contributed by atoms with Gasteiger partial charge in [-0.15, -0.1) is 0 Å². The van der Waals surface area contributed by atoms with Crippen LogP contribution < -0.4 is 20.7 Å². The number of pyridine rings is 1. The Morgan fingerprint density at radius 1 is 0.879 bits per heavy atom. The topological polar surface area (TPSA) is 167 Å². The van der Waals surface area contributed by atoms with Crippen molar-refractivity contribution < 1.29 is 37.9 Å². The van der Waals surface area contributed by atoms with Crippen molar-refractivity contribution in [3.05, 3.63) is 94.4 Å².